The number of likely N-dealkylation sites (tertiary alicyclic amines) is 1. The summed E-state index contributed by atoms with van der Waals surface area (Å²) >= 11 is 0. The number of carbonyl (C=O) groups excluding carboxylic acids is 2. The second kappa shape index (κ2) is 3.91. The van der Waals surface area contributed by atoms with Gasteiger partial charge in [0, 0.05) is 24.1 Å². The second-order valence-corrected chi connectivity index (χ2v) is 5.07. The molecule has 0 aromatic carbocycles. The van der Waals surface area contributed by atoms with E-state index in [9.17, 15) is 9.59 Å². The largest absolute Gasteiger partial charge is 0.295 e. The zero-order valence-corrected chi connectivity index (χ0v) is 11.0. The number of nitrogens with one attached hydrogen (secondary N) is 1. The van der Waals surface area contributed by atoms with Crippen molar-refractivity contribution >= 4 is 17.5 Å². The van der Waals surface area contributed by atoms with E-state index in [-0.39, 0.29) is 24.2 Å². The van der Waals surface area contributed by atoms with Gasteiger partial charge in [0.2, 0.25) is 11.8 Å². The van der Waals surface area contributed by atoms with Crippen LogP contribution in [0.4, 0.5) is 0 Å². The first kappa shape index (κ1) is 11.9. The van der Waals surface area contributed by atoms with Crippen molar-refractivity contribution < 1.29 is 9.59 Å². The van der Waals surface area contributed by atoms with Gasteiger partial charge in [-0.2, -0.15) is 0 Å². The molecule has 7 heteroatoms. The van der Waals surface area contributed by atoms with Crippen molar-refractivity contribution in [1.82, 2.24) is 24.7 Å². The number of H-pyrrole nitrogens is 1. The van der Waals surface area contributed by atoms with Crippen LogP contribution in [0, 0.1) is 12.8 Å². The maximum Gasteiger partial charge on any atom is 0.233 e. The van der Waals surface area contributed by atoms with Gasteiger partial charge in [-0.25, -0.2) is 4.52 Å². The molecule has 0 aliphatic carbocycles. The number of amides is 2. The molecule has 7 nitrogen and oxygen atoms in total. The average molecular weight is 261 g/mol. The van der Waals surface area contributed by atoms with Crippen molar-refractivity contribution in [2.45, 2.75) is 33.2 Å². The molecule has 2 aromatic rings. The van der Waals surface area contributed by atoms with E-state index in [2.05, 4.69) is 15.3 Å². The molecule has 19 heavy (non-hydrogen) atoms. The topological polar surface area (TPSA) is 83.4 Å². The van der Waals surface area contributed by atoms with Crippen LogP contribution in [-0.2, 0) is 9.59 Å². The quantitative estimate of drug-likeness (QED) is 0.811. The molecule has 1 aliphatic heterocycles. The Kier molecular flexibility index (Phi) is 2.44. The first-order chi connectivity index (χ1) is 8.99. The monoisotopic (exact) mass is 261 g/mol. The number of rotatable bonds is 2. The summed E-state index contributed by atoms with van der Waals surface area (Å²) in [4.78, 5) is 25.2. The number of hydrogen-bond acceptors (Lipinski definition) is 4. The number of aryl methyl sites for hydroxylation is 1. The van der Waals surface area contributed by atoms with Crippen LogP contribution in [0.15, 0.2) is 6.07 Å². The summed E-state index contributed by atoms with van der Waals surface area (Å²) in [6.07, 6.45) is 0.273. The number of hydrogen-bond donors (Lipinski definition) is 1. The van der Waals surface area contributed by atoms with Crippen LogP contribution in [0.5, 0.6) is 0 Å². The summed E-state index contributed by atoms with van der Waals surface area (Å²) in [6, 6.07) is 1.44. The van der Waals surface area contributed by atoms with Gasteiger partial charge in [0.05, 0.1) is 6.04 Å². The Morgan fingerprint density at radius 1 is 1.42 bits per heavy atom. The average Bonchev–Trinajstić information content (AvgIpc) is 2.93. The molecule has 2 unspecified atom stereocenters. The summed E-state index contributed by atoms with van der Waals surface area (Å²) in [5.41, 5.74) is 1.64. The minimum Gasteiger partial charge on any atom is -0.295 e. The lowest BCUT2D eigenvalue weighted by Crippen LogP contribution is -2.34. The van der Waals surface area contributed by atoms with E-state index in [0.717, 1.165) is 5.69 Å². The molecule has 0 radical (unpaired) electrons. The van der Waals surface area contributed by atoms with E-state index in [1.165, 1.54) is 4.90 Å². The van der Waals surface area contributed by atoms with Gasteiger partial charge in [-0.05, 0) is 13.8 Å². The fraction of sp³-hybridized carbons (Fsp3) is 0.500. The number of imide groups is 1. The number of aromatic amines is 1. The predicted molar refractivity (Wildman–Crippen MR) is 66.1 cm³/mol. The van der Waals surface area contributed by atoms with Crippen molar-refractivity contribution in [3.8, 4) is 0 Å². The van der Waals surface area contributed by atoms with Crippen LogP contribution in [-0.4, -0.2) is 36.5 Å². The lowest BCUT2D eigenvalue weighted by Gasteiger charge is -2.20. The normalized spacial score (nSPS) is 21.6. The molecule has 1 saturated heterocycles. The Hall–Kier alpha value is -2.18. The van der Waals surface area contributed by atoms with Crippen molar-refractivity contribution in [2.24, 2.45) is 5.92 Å². The first-order valence-electron chi connectivity index (χ1n) is 6.25. The highest BCUT2D eigenvalue weighted by Crippen LogP contribution is 2.28. The standard InChI is InChI=1S/C12H15N5O2/c1-6-4-10(18)16(12(6)19)8(3)11-14-13-9-5-7(2)15-17(9)11/h5-6,8,15H,4H2,1-3H3. The molecule has 3 rings (SSSR count). The van der Waals surface area contributed by atoms with Crippen LogP contribution in [0.25, 0.3) is 5.65 Å². The zero-order valence-electron chi connectivity index (χ0n) is 11.0. The van der Waals surface area contributed by atoms with Crippen LogP contribution in [0.1, 0.15) is 37.8 Å². The van der Waals surface area contributed by atoms with E-state index in [1.54, 1.807) is 18.4 Å². The van der Waals surface area contributed by atoms with Crippen LogP contribution >= 0.6 is 0 Å². The molecule has 0 spiro atoms. The highest BCUT2D eigenvalue weighted by molar-refractivity contribution is 6.03. The third-order valence-corrected chi connectivity index (χ3v) is 3.52. The van der Waals surface area contributed by atoms with Gasteiger partial charge in [-0.15, -0.1) is 10.2 Å². The Morgan fingerprint density at radius 3 is 2.79 bits per heavy atom. The molecule has 2 aromatic heterocycles. The highest BCUT2D eigenvalue weighted by Gasteiger charge is 2.40. The number of aromatic nitrogens is 4. The molecular weight excluding hydrogens is 246 g/mol. The van der Waals surface area contributed by atoms with Gasteiger partial charge >= 0.3 is 0 Å². The van der Waals surface area contributed by atoms with Crippen molar-refractivity contribution in [1.29, 1.82) is 0 Å². The third kappa shape index (κ3) is 1.65. The van der Waals surface area contributed by atoms with Crippen molar-refractivity contribution in [2.75, 3.05) is 0 Å². The lowest BCUT2D eigenvalue weighted by atomic mass is 10.1. The molecule has 100 valence electrons. The fourth-order valence-corrected chi connectivity index (χ4v) is 2.52. The van der Waals surface area contributed by atoms with E-state index >= 15 is 0 Å². The Balaban J connectivity index is 2.02. The van der Waals surface area contributed by atoms with Gasteiger partial charge in [-0.1, -0.05) is 6.92 Å². The molecule has 1 N–H and O–H groups in total. The third-order valence-electron chi connectivity index (χ3n) is 3.52. The van der Waals surface area contributed by atoms with E-state index in [0.29, 0.717) is 11.5 Å². The van der Waals surface area contributed by atoms with E-state index in [4.69, 9.17) is 0 Å². The number of fused-ring (bicyclic) bond motifs is 1. The van der Waals surface area contributed by atoms with Crippen LogP contribution in [0.2, 0.25) is 0 Å². The minimum atomic E-state index is -0.419. The van der Waals surface area contributed by atoms with E-state index < -0.39 is 6.04 Å². The van der Waals surface area contributed by atoms with Gasteiger partial charge < -0.3 is 0 Å². The maximum atomic E-state index is 12.0. The van der Waals surface area contributed by atoms with Crippen LogP contribution < -0.4 is 0 Å². The van der Waals surface area contributed by atoms with Gasteiger partial charge in [0.15, 0.2) is 11.5 Å². The molecule has 0 saturated carbocycles. The van der Waals surface area contributed by atoms with Gasteiger partial charge in [-0.3, -0.25) is 19.6 Å². The minimum absolute atomic E-state index is 0.141. The first-order valence-corrected chi connectivity index (χ1v) is 6.25. The highest BCUT2D eigenvalue weighted by atomic mass is 16.2. The summed E-state index contributed by atoms with van der Waals surface area (Å²) in [7, 11) is 0. The molecule has 1 aliphatic rings. The molecule has 3 heterocycles. The summed E-state index contributed by atoms with van der Waals surface area (Å²) in [6.45, 7) is 5.48. The Morgan fingerprint density at radius 2 is 2.16 bits per heavy atom. The van der Waals surface area contributed by atoms with Crippen molar-refractivity contribution in [3.05, 3.63) is 17.6 Å². The second-order valence-electron chi connectivity index (χ2n) is 5.07. The summed E-state index contributed by atoms with van der Waals surface area (Å²) in [5, 5.41) is 11.2. The summed E-state index contributed by atoms with van der Waals surface area (Å²) < 4.78 is 1.71. The SMILES string of the molecule is Cc1cc2nnc(C(C)N3C(=O)CC(C)C3=O)n2[nH]1. The molecule has 0 bridgehead atoms. The smallest absolute Gasteiger partial charge is 0.233 e. The fourth-order valence-electron chi connectivity index (χ4n) is 2.52. The van der Waals surface area contributed by atoms with Gasteiger partial charge in [0.25, 0.3) is 0 Å². The molecule has 2 atom stereocenters. The lowest BCUT2D eigenvalue weighted by molar-refractivity contribution is -0.141. The van der Waals surface area contributed by atoms with E-state index in [1.807, 2.05) is 13.0 Å². The molecule has 1 fully saturated rings. The Labute approximate surface area is 109 Å². The number of nitrogens with zero attached hydrogens (tertiary/aromatic N) is 4. The summed E-state index contributed by atoms with van der Waals surface area (Å²) in [5.74, 6) is 0.0326. The Bertz CT molecular complexity index is 671. The molecular formula is C12H15N5O2. The molecule has 2 amide bonds. The van der Waals surface area contributed by atoms with Crippen LogP contribution in [0.3, 0.4) is 0 Å². The predicted octanol–water partition coefficient (Wildman–Crippen LogP) is 0.822. The van der Waals surface area contributed by atoms with Crippen molar-refractivity contribution in [3.63, 3.8) is 0 Å². The van der Waals surface area contributed by atoms with Gasteiger partial charge in [0.1, 0.15) is 0 Å². The number of carbonyl (C=O) groups is 2. The maximum absolute atomic E-state index is 12.0. The zero-order chi connectivity index (χ0) is 13.7.